The maximum absolute atomic E-state index is 12.3. The fraction of sp³-hybridized carbons (Fsp3) is 0.562. The molecule has 4 atom stereocenters. The molecule has 0 amide bonds. The van der Waals surface area contributed by atoms with Crippen LogP contribution in [-0.2, 0) is 39.9 Å². The molecule has 1 aliphatic heterocycles. The molecule has 2 heterocycles. The molecule has 154 valence electrons. The van der Waals surface area contributed by atoms with Gasteiger partial charge in [0.15, 0.2) is 18.4 Å². The quantitative estimate of drug-likeness (QED) is 0.428. The lowest BCUT2D eigenvalue weighted by Gasteiger charge is -2.24. The number of aromatic nitrogens is 2. The van der Waals surface area contributed by atoms with E-state index in [1.165, 1.54) is 13.1 Å². The second-order valence-electron chi connectivity index (χ2n) is 6.02. The van der Waals surface area contributed by atoms with Gasteiger partial charge in [-0.2, -0.15) is 4.98 Å². The van der Waals surface area contributed by atoms with Crippen LogP contribution >= 0.6 is 0 Å². The molecule has 1 saturated heterocycles. The second-order valence-corrected chi connectivity index (χ2v) is 6.02. The Balaban J connectivity index is 2.48. The Morgan fingerprint density at radius 1 is 1.18 bits per heavy atom. The molecule has 0 aliphatic carbocycles. The normalized spacial score (nSPS) is 23.9. The van der Waals surface area contributed by atoms with Gasteiger partial charge in [0.05, 0.1) is 6.61 Å². The molecule has 0 bridgehead atoms. The average Bonchev–Trinajstić information content (AvgIpc) is 2.89. The number of aliphatic hydroxyl groups is 1. The SMILES string of the molecule is CC(=O)OC[C@H]1O[C@@H](n2cc(CO)c(N)nc2=O)[C@H](OC(C)=O)[C@@H]1OC(C)=O. The van der Waals surface area contributed by atoms with E-state index in [2.05, 4.69) is 4.98 Å². The highest BCUT2D eigenvalue weighted by Crippen LogP contribution is 2.34. The molecular formula is C16H21N3O9. The first-order chi connectivity index (χ1) is 13.1. The summed E-state index contributed by atoms with van der Waals surface area (Å²) in [5.41, 5.74) is 4.87. The molecular weight excluding hydrogens is 378 g/mol. The Kier molecular flexibility index (Phi) is 6.70. The highest BCUT2D eigenvalue weighted by Gasteiger charge is 2.51. The molecule has 28 heavy (non-hydrogen) atoms. The number of nitrogen functional groups attached to an aromatic ring is 1. The molecule has 0 aromatic carbocycles. The van der Waals surface area contributed by atoms with Crippen LogP contribution in [0.1, 0.15) is 32.6 Å². The van der Waals surface area contributed by atoms with Crippen molar-refractivity contribution in [1.29, 1.82) is 0 Å². The number of anilines is 1. The topological polar surface area (TPSA) is 169 Å². The fourth-order valence-corrected chi connectivity index (χ4v) is 2.74. The smallest absolute Gasteiger partial charge is 0.351 e. The lowest BCUT2D eigenvalue weighted by atomic mass is 10.1. The van der Waals surface area contributed by atoms with Crippen molar-refractivity contribution in [2.75, 3.05) is 12.3 Å². The summed E-state index contributed by atoms with van der Waals surface area (Å²) >= 11 is 0. The monoisotopic (exact) mass is 399 g/mol. The first-order valence-electron chi connectivity index (χ1n) is 8.25. The number of esters is 3. The van der Waals surface area contributed by atoms with Crippen LogP contribution in [0.25, 0.3) is 0 Å². The minimum absolute atomic E-state index is 0.136. The number of hydrogen-bond donors (Lipinski definition) is 2. The van der Waals surface area contributed by atoms with Gasteiger partial charge in [0.25, 0.3) is 0 Å². The van der Waals surface area contributed by atoms with Crippen LogP contribution in [0.3, 0.4) is 0 Å². The van der Waals surface area contributed by atoms with Crippen molar-refractivity contribution in [1.82, 2.24) is 9.55 Å². The highest BCUT2D eigenvalue weighted by molar-refractivity contribution is 5.68. The third-order valence-corrected chi connectivity index (χ3v) is 3.85. The predicted molar refractivity (Wildman–Crippen MR) is 90.5 cm³/mol. The second kappa shape index (κ2) is 8.80. The zero-order valence-corrected chi connectivity index (χ0v) is 15.5. The van der Waals surface area contributed by atoms with Gasteiger partial charge in [0.2, 0.25) is 0 Å². The van der Waals surface area contributed by atoms with Crippen molar-refractivity contribution in [2.45, 2.75) is 51.9 Å². The van der Waals surface area contributed by atoms with Crippen molar-refractivity contribution in [3.05, 3.63) is 22.2 Å². The molecule has 1 fully saturated rings. The van der Waals surface area contributed by atoms with Gasteiger partial charge >= 0.3 is 23.6 Å². The van der Waals surface area contributed by atoms with Crippen LogP contribution in [0.5, 0.6) is 0 Å². The molecule has 2 rings (SSSR count). The summed E-state index contributed by atoms with van der Waals surface area (Å²) in [4.78, 5) is 50.1. The number of hydrogen-bond acceptors (Lipinski definition) is 11. The van der Waals surface area contributed by atoms with Gasteiger partial charge in [0.1, 0.15) is 18.5 Å². The van der Waals surface area contributed by atoms with Crippen LogP contribution in [0.15, 0.2) is 11.0 Å². The Bertz CT molecular complexity index is 822. The van der Waals surface area contributed by atoms with E-state index in [1.54, 1.807) is 0 Å². The largest absolute Gasteiger partial charge is 0.463 e. The Hall–Kier alpha value is -2.99. The minimum Gasteiger partial charge on any atom is -0.463 e. The van der Waals surface area contributed by atoms with Crippen LogP contribution in [-0.4, -0.2) is 57.5 Å². The molecule has 0 radical (unpaired) electrons. The Labute approximate surface area is 159 Å². The number of ether oxygens (including phenoxy) is 4. The zero-order chi connectivity index (χ0) is 21.0. The van der Waals surface area contributed by atoms with Crippen molar-refractivity contribution in [3.63, 3.8) is 0 Å². The summed E-state index contributed by atoms with van der Waals surface area (Å²) in [5, 5.41) is 9.37. The van der Waals surface area contributed by atoms with Crippen LogP contribution < -0.4 is 11.4 Å². The van der Waals surface area contributed by atoms with Crippen molar-refractivity contribution in [3.8, 4) is 0 Å². The predicted octanol–water partition coefficient (Wildman–Crippen LogP) is -1.36. The first-order valence-corrected chi connectivity index (χ1v) is 8.25. The van der Waals surface area contributed by atoms with E-state index >= 15 is 0 Å². The molecule has 0 spiro atoms. The van der Waals surface area contributed by atoms with Gasteiger partial charge in [-0.05, 0) is 0 Å². The van der Waals surface area contributed by atoms with Crippen LogP contribution in [0, 0.1) is 0 Å². The van der Waals surface area contributed by atoms with E-state index < -0.39 is 54.7 Å². The lowest BCUT2D eigenvalue weighted by molar-refractivity contribution is -0.166. The molecule has 0 saturated carbocycles. The number of nitrogens with two attached hydrogens (primary N) is 1. The number of aliphatic hydroxyl groups excluding tert-OH is 1. The first kappa shape index (κ1) is 21.3. The third kappa shape index (κ3) is 4.84. The van der Waals surface area contributed by atoms with Gasteiger partial charge in [-0.3, -0.25) is 19.0 Å². The number of rotatable bonds is 6. The standard InChI is InChI=1S/C16H21N3O9/c1-7(21)25-6-11-12(26-8(2)22)13(27-9(3)23)15(28-11)19-4-10(5-20)14(17)18-16(19)24/h4,11-13,15,20H,5-6H2,1-3H3,(H2,17,18,24)/t11-,12-,13-,15-/m1/s1. The van der Waals surface area contributed by atoms with E-state index in [4.69, 9.17) is 24.7 Å². The Morgan fingerprint density at radius 2 is 1.79 bits per heavy atom. The van der Waals surface area contributed by atoms with E-state index in [1.807, 2.05) is 0 Å². The summed E-state index contributed by atoms with van der Waals surface area (Å²) < 4.78 is 22.0. The molecule has 12 heteroatoms. The summed E-state index contributed by atoms with van der Waals surface area (Å²) in [6.07, 6.45) is -3.49. The van der Waals surface area contributed by atoms with E-state index in [9.17, 15) is 24.3 Å². The van der Waals surface area contributed by atoms with Gasteiger partial charge in [-0.15, -0.1) is 0 Å². The van der Waals surface area contributed by atoms with E-state index in [0.717, 1.165) is 18.4 Å². The zero-order valence-electron chi connectivity index (χ0n) is 15.5. The minimum atomic E-state index is -1.26. The molecule has 0 unspecified atom stereocenters. The Morgan fingerprint density at radius 3 is 2.32 bits per heavy atom. The van der Waals surface area contributed by atoms with Gasteiger partial charge in [-0.25, -0.2) is 4.79 Å². The summed E-state index contributed by atoms with van der Waals surface area (Å²) in [5.74, 6) is -2.19. The summed E-state index contributed by atoms with van der Waals surface area (Å²) in [7, 11) is 0. The van der Waals surface area contributed by atoms with E-state index in [-0.39, 0.29) is 18.0 Å². The van der Waals surface area contributed by atoms with Crippen molar-refractivity contribution < 1.29 is 38.4 Å². The van der Waals surface area contributed by atoms with Crippen molar-refractivity contribution in [2.24, 2.45) is 0 Å². The lowest BCUT2D eigenvalue weighted by Crippen LogP contribution is -2.42. The maximum Gasteiger partial charge on any atom is 0.351 e. The summed E-state index contributed by atoms with van der Waals surface area (Å²) in [6, 6.07) is 0. The summed E-state index contributed by atoms with van der Waals surface area (Å²) in [6.45, 7) is 2.63. The number of nitrogens with zero attached hydrogens (tertiary/aromatic N) is 2. The highest BCUT2D eigenvalue weighted by atomic mass is 16.7. The molecule has 3 N–H and O–H groups in total. The van der Waals surface area contributed by atoms with Crippen LogP contribution in [0.4, 0.5) is 5.82 Å². The van der Waals surface area contributed by atoms with Crippen LogP contribution in [0.2, 0.25) is 0 Å². The molecule has 1 aromatic rings. The molecule has 12 nitrogen and oxygen atoms in total. The molecule has 1 aliphatic rings. The van der Waals surface area contributed by atoms with Gasteiger partial charge < -0.3 is 29.8 Å². The van der Waals surface area contributed by atoms with Gasteiger partial charge in [0, 0.05) is 32.5 Å². The number of carbonyl (C=O) groups is 3. The maximum atomic E-state index is 12.3. The molecule has 1 aromatic heterocycles. The fourth-order valence-electron chi connectivity index (χ4n) is 2.74. The van der Waals surface area contributed by atoms with E-state index in [0.29, 0.717) is 0 Å². The van der Waals surface area contributed by atoms with Gasteiger partial charge in [-0.1, -0.05) is 0 Å². The third-order valence-electron chi connectivity index (χ3n) is 3.85. The van der Waals surface area contributed by atoms with Crippen molar-refractivity contribution >= 4 is 23.7 Å². The number of carbonyl (C=O) groups excluding carboxylic acids is 3. The average molecular weight is 399 g/mol.